The van der Waals surface area contributed by atoms with Gasteiger partial charge in [-0.3, -0.25) is 9.48 Å². The van der Waals surface area contributed by atoms with Crippen LogP contribution in [-0.2, 0) is 16.9 Å². The third-order valence-electron chi connectivity index (χ3n) is 3.00. The van der Waals surface area contributed by atoms with Crippen LogP contribution in [0, 0.1) is 0 Å². The van der Waals surface area contributed by atoms with Crippen LogP contribution in [-0.4, -0.2) is 65.1 Å². The van der Waals surface area contributed by atoms with Crippen LogP contribution < -0.4 is 11.1 Å². The Labute approximate surface area is 151 Å². The average molecular weight is 387 g/mol. The maximum Gasteiger partial charge on any atom is 0.477 e. The molecule has 2 aromatic heterocycles. The zero-order valence-corrected chi connectivity index (χ0v) is 15.2. The van der Waals surface area contributed by atoms with E-state index in [4.69, 9.17) is 5.73 Å². The molecular weight excluding hydrogens is 369 g/mol. The lowest BCUT2D eigenvalue weighted by atomic mass is 9.79. The van der Waals surface area contributed by atoms with Crippen LogP contribution in [0.1, 0.15) is 19.5 Å². The van der Waals surface area contributed by atoms with Crippen molar-refractivity contribution in [3.63, 3.8) is 0 Å². The average Bonchev–Trinajstić information content (AvgIpc) is 3.13. The van der Waals surface area contributed by atoms with Crippen LogP contribution in [0.15, 0.2) is 10.5 Å². The summed E-state index contributed by atoms with van der Waals surface area (Å²) in [4.78, 5) is 12.0. The summed E-state index contributed by atoms with van der Waals surface area (Å²) in [5.41, 5.74) is 4.61. The maximum atomic E-state index is 12.0. The van der Waals surface area contributed by atoms with E-state index in [0.29, 0.717) is 15.2 Å². The van der Waals surface area contributed by atoms with Gasteiger partial charge in [-0.25, -0.2) is 0 Å². The highest BCUT2D eigenvalue weighted by Crippen LogP contribution is 2.23. The van der Waals surface area contributed by atoms with Gasteiger partial charge in [0.05, 0.1) is 24.4 Å². The molecule has 0 radical (unpaired) electrons. The van der Waals surface area contributed by atoms with Gasteiger partial charge in [0.25, 0.3) is 0 Å². The van der Waals surface area contributed by atoms with Gasteiger partial charge in [0.2, 0.25) is 11.0 Å². The van der Waals surface area contributed by atoms with Gasteiger partial charge in [-0.2, -0.15) is 0 Å². The van der Waals surface area contributed by atoms with Gasteiger partial charge in [0.1, 0.15) is 11.3 Å². The van der Waals surface area contributed by atoms with Crippen molar-refractivity contribution in [2.45, 2.75) is 36.3 Å². The predicted molar refractivity (Wildman–Crippen MR) is 92.4 cm³/mol. The minimum absolute atomic E-state index is 0.0180. The van der Waals surface area contributed by atoms with E-state index in [1.807, 2.05) is 0 Å². The van der Waals surface area contributed by atoms with Crippen molar-refractivity contribution in [1.82, 2.24) is 30.5 Å². The van der Waals surface area contributed by atoms with Crippen LogP contribution >= 0.6 is 23.1 Å². The zero-order valence-electron chi connectivity index (χ0n) is 13.5. The number of carbonyl (C=O) groups excluding carboxylic acids is 1. The summed E-state index contributed by atoms with van der Waals surface area (Å²) >= 11 is 2.29. The molecule has 25 heavy (non-hydrogen) atoms. The molecule has 0 fully saturated rings. The molecule has 11 nitrogen and oxygen atoms in total. The topological polar surface area (TPSA) is 172 Å². The van der Waals surface area contributed by atoms with Gasteiger partial charge in [-0.15, -0.1) is 15.3 Å². The summed E-state index contributed by atoms with van der Waals surface area (Å²) in [6.45, 7) is 3.08. The van der Waals surface area contributed by atoms with E-state index in [0.717, 1.165) is 23.1 Å². The summed E-state index contributed by atoms with van der Waals surface area (Å²) in [6, 6.07) is 0. The monoisotopic (exact) mass is 387 g/mol. The Hall–Kier alpha value is -1.74. The molecule has 0 aromatic carbocycles. The van der Waals surface area contributed by atoms with Crippen molar-refractivity contribution in [2.75, 3.05) is 11.5 Å². The standard InChI is InChI=1S/C11H18BN7O4S2/c1-11(2,21)6-3-19(18-15-6)4-7(12(22)23)14-8(20)5-24-10-17-16-9(13)25-10/h3,7,21-23H,4-5H2,1-2H3,(H2,13,16)(H,14,20). The third-order valence-corrected chi connectivity index (χ3v) is 4.89. The Balaban J connectivity index is 1.91. The smallest absolute Gasteiger partial charge is 0.426 e. The van der Waals surface area contributed by atoms with E-state index in [1.165, 1.54) is 10.9 Å². The van der Waals surface area contributed by atoms with Gasteiger partial charge in [-0.05, 0) is 13.8 Å². The van der Waals surface area contributed by atoms with E-state index in [-0.39, 0.29) is 12.3 Å². The first kappa shape index (κ1) is 19.6. The molecule has 0 spiro atoms. The largest absolute Gasteiger partial charge is 0.477 e. The predicted octanol–water partition coefficient (Wildman–Crippen LogP) is -1.77. The lowest BCUT2D eigenvalue weighted by Gasteiger charge is -2.17. The minimum atomic E-state index is -1.79. The molecule has 0 bridgehead atoms. The lowest BCUT2D eigenvalue weighted by molar-refractivity contribution is -0.119. The van der Waals surface area contributed by atoms with Crippen molar-refractivity contribution in [3.05, 3.63) is 11.9 Å². The molecule has 0 aliphatic heterocycles. The fourth-order valence-electron chi connectivity index (χ4n) is 1.74. The number of nitrogens with zero attached hydrogens (tertiary/aromatic N) is 5. The molecule has 1 amide bonds. The number of carbonyl (C=O) groups is 1. The summed E-state index contributed by atoms with van der Waals surface area (Å²) in [6.07, 6.45) is 1.47. The first-order valence-corrected chi connectivity index (χ1v) is 8.95. The summed E-state index contributed by atoms with van der Waals surface area (Å²) in [7, 11) is -1.79. The maximum absolute atomic E-state index is 12.0. The Morgan fingerprint density at radius 2 is 2.20 bits per heavy atom. The molecule has 2 rings (SSSR count). The Kier molecular flexibility index (Phi) is 6.34. The number of hydrogen-bond donors (Lipinski definition) is 5. The third kappa shape index (κ3) is 5.93. The zero-order chi connectivity index (χ0) is 18.6. The number of nitrogen functional groups attached to an aromatic ring is 1. The lowest BCUT2D eigenvalue weighted by Crippen LogP contribution is -2.49. The second-order valence-corrected chi connectivity index (χ2v) is 7.90. The van der Waals surface area contributed by atoms with Crippen LogP contribution in [0.3, 0.4) is 0 Å². The highest BCUT2D eigenvalue weighted by molar-refractivity contribution is 8.01. The number of rotatable bonds is 8. The molecular formula is C11H18BN7O4S2. The quantitative estimate of drug-likeness (QED) is 0.258. The molecule has 0 aliphatic carbocycles. The van der Waals surface area contributed by atoms with Crippen molar-refractivity contribution in [3.8, 4) is 0 Å². The van der Waals surface area contributed by atoms with Crippen molar-refractivity contribution < 1.29 is 19.9 Å². The van der Waals surface area contributed by atoms with Gasteiger partial charge in [0.15, 0.2) is 4.34 Å². The molecule has 0 aliphatic rings. The Bertz CT molecular complexity index is 717. The molecule has 1 unspecified atom stereocenters. The number of nitrogens with one attached hydrogen (secondary N) is 1. The van der Waals surface area contributed by atoms with Gasteiger partial charge < -0.3 is 26.2 Å². The van der Waals surface area contributed by atoms with Gasteiger partial charge >= 0.3 is 7.12 Å². The Morgan fingerprint density at radius 1 is 1.48 bits per heavy atom. The minimum Gasteiger partial charge on any atom is -0.426 e. The van der Waals surface area contributed by atoms with E-state index in [2.05, 4.69) is 25.8 Å². The number of aromatic nitrogens is 5. The summed E-state index contributed by atoms with van der Waals surface area (Å²) in [5.74, 6) is -1.40. The van der Waals surface area contributed by atoms with Crippen LogP contribution in [0.4, 0.5) is 5.13 Å². The number of hydrogen-bond acceptors (Lipinski definition) is 11. The molecule has 14 heteroatoms. The molecule has 2 aromatic rings. The normalized spacial score (nSPS) is 12.8. The molecule has 1 atom stereocenters. The Morgan fingerprint density at radius 3 is 2.72 bits per heavy atom. The van der Waals surface area contributed by atoms with Crippen molar-refractivity contribution in [2.24, 2.45) is 0 Å². The molecule has 6 N–H and O–H groups in total. The summed E-state index contributed by atoms with van der Waals surface area (Å²) < 4.78 is 1.86. The SMILES string of the molecule is CC(C)(O)c1cn(CC(NC(=O)CSc2nnc(N)s2)B(O)O)nn1. The number of amides is 1. The van der Waals surface area contributed by atoms with Crippen molar-refractivity contribution in [1.29, 1.82) is 0 Å². The summed E-state index contributed by atoms with van der Waals surface area (Å²) in [5, 5.41) is 46.6. The highest BCUT2D eigenvalue weighted by Gasteiger charge is 2.27. The van der Waals surface area contributed by atoms with Gasteiger partial charge in [0, 0.05) is 0 Å². The molecule has 0 saturated carbocycles. The van der Waals surface area contributed by atoms with E-state index < -0.39 is 24.6 Å². The fourth-order valence-corrected chi connectivity index (χ4v) is 3.19. The molecule has 136 valence electrons. The van der Waals surface area contributed by atoms with Crippen molar-refractivity contribution >= 4 is 41.3 Å². The number of anilines is 1. The highest BCUT2D eigenvalue weighted by atomic mass is 32.2. The van der Waals surface area contributed by atoms with E-state index in [9.17, 15) is 19.9 Å². The van der Waals surface area contributed by atoms with Crippen LogP contribution in [0.25, 0.3) is 0 Å². The van der Waals surface area contributed by atoms with E-state index in [1.54, 1.807) is 13.8 Å². The number of thioether (sulfide) groups is 1. The van der Waals surface area contributed by atoms with Crippen LogP contribution in [0.2, 0.25) is 0 Å². The number of nitrogens with two attached hydrogens (primary N) is 1. The number of aliphatic hydroxyl groups is 1. The first-order chi connectivity index (χ1) is 11.6. The second-order valence-electron chi connectivity index (χ2n) is 5.67. The van der Waals surface area contributed by atoms with E-state index >= 15 is 0 Å². The fraction of sp³-hybridized carbons (Fsp3) is 0.545. The van der Waals surface area contributed by atoms with Gasteiger partial charge in [-0.1, -0.05) is 28.3 Å². The first-order valence-electron chi connectivity index (χ1n) is 7.15. The molecule has 0 saturated heterocycles. The van der Waals surface area contributed by atoms with Crippen LogP contribution in [0.5, 0.6) is 0 Å². The second kappa shape index (κ2) is 8.10. The molecule has 2 heterocycles.